The standard InChI is InChI=1S/C17H31N9O7S/c18-7(6-34)13(29)24-8(2-1-3-23-17(21)22)14(30)25-9(4-11(19)27)15(31)26-10(16(32)33)5-12(20)28/h7-10,34H,1-6,18H2,(H2,19,27)(H2,20,28)(H,24,29)(H,25,30)(H,26,31)(H,32,33)(H4,21,22,23). The van der Waals surface area contributed by atoms with Gasteiger partial charge >= 0.3 is 5.97 Å². The lowest BCUT2D eigenvalue weighted by atomic mass is 10.1. The molecule has 5 amide bonds. The maximum Gasteiger partial charge on any atom is 0.326 e. The first-order valence-corrected chi connectivity index (χ1v) is 10.5. The van der Waals surface area contributed by atoms with Crippen LogP contribution in [0.25, 0.3) is 0 Å². The molecule has 0 aliphatic carbocycles. The summed E-state index contributed by atoms with van der Waals surface area (Å²) in [7, 11) is 0. The van der Waals surface area contributed by atoms with Crippen molar-refractivity contribution in [2.45, 2.75) is 49.9 Å². The van der Waals surface area contributed by atoms with Crippen molar-refractivity contribution in [3.05, 3.63) is 0 Å². The van der Waals surface area contributed by atoms with Gasteiger partial charge in [-0.3, -0.25) is 29.0 Å². The summed E-state index contributed by atoms with van der Waals surface area (Å²) in [5, 5.41) is 15.8. The number of carbonyl (C=O) groups excluding carboxylic acids is 5. The van der Waals surface area contributed by atoms with Crippen molar-refractivity contribution in [2.24, 2.45) is 33.7 Å². The molecule has 0 radical (unpaired) electrons. The third-order valence-corrected chi connectivity index (χ3v) is 4.56. The summed E-state index contributed by atoms with van der Waals surface area (Å²) in [5.74, 6) is -6.48. The van der Waals surface area contributed by atoms with E-state index in [-0.39, 0.29) is 31.1 Å². The molecule has 0 aromatic carbocycles. The van der Waals surface area contributed by atoms with Gasteiger partial charge in [0, 0.05) is 12.3 Å². The zero-order chi connectivity index (χ0) is 26.4. The van der Waals surface area contributed by atoms with E-state index in [2.05, 4.69) is 28.3 Å². The molecule has 192 valence electrons. The third kappa shape index (κ3) is 12.4. The molecule has 16 nitrogen and oxygen atoms in total. The van der Waals surface area contributed by atoms with Gasteiger partial charge in [0.2, 0.25) is 29.5 Å². The van der Waals surface area contributed by atoms with Gasteiger partial charge in [-0.05, 0) is 12.8 Å². The second kappa shape index (κ2) is 15.3. The number of carbonyl (C=O) groups is 6. The van der Waals surface area contributed by atoms with E-state index in [0.29, 0.717) is 0 Å². The summed E-state index contributed by atoms with van der Waals surface area (Å²) in [6.45, 7) is 0.124. The monoisotopic (exact) mass is 505 g/mol. The average Bonchev–Trinajstić information content (AvgIpc) is 2.72. The van der Waals surface area contributed by atoms with Crippen molar-refractivity contribution in [1.82, 2.24) is 16.0 Å². The van der Waals surface area contributed by atoms with Crippen LogP contribution in [0.4, 0.5) is 0 Å². The highest BCUT2D eigenvalue weighted by Gasteiger charge is 2.31. The van der Waals surface area contributed by atoms with Crippen LogP contribution in [0, 0.1) is 0 Å². The first kappa shape index (κ1) is 30.4. The number of guanidine groups is 1. The SMILES string of the molecule is NC(=O)CC(NC(=O)C(CC(N)=O)NC(=O)C(CCCN=C(N)N)NC(=O)C(N)CS)C(=O)O. The Morgan fingerprint density at radius 1 is 0.794 bits per heavy atom. The summed E-state index contributed by atoms with van der Waals surface area (Å²) in [5.41, 5.74) is 26.2. The number of hydrogen-bond acceptors (Lipinski definition) is 9. The molecule has 0 bridgehead atoms. The fourth-order valence-corrected chi connectivity index (χ4v) is 2.66. The van der Waals surface area contributed by atoms with Crippen LogP contribution in [0.15, 0.2) is 4.99 Å². The molecule has 0 saturated carbocycles. The van der Waals surface area contributed by atoms with Crippen molar-refractivity contribution >= 4 is 54.1 Å². The molecule has 0 rings (SSSR count). The normalized spacial score (nSPS) is 13.9. The summed E-state index contributed by atoms with van der Waals surface area (Å²) >= 11 is 3.91. The van der Waals surface area contributed by atoms with Crippen molar-refractivity contribution < 1.29 is 33.9 Å². The number of rotatable bonds is 16. The first-order chi connectivity index (χ1) is 15.8. The van der Waals surface area contributed by atoms with Crippen molar-refractivity contribution in [3.63, 3.8) is 0 Å². The number of nitrogens with two attached hydrogens (primary N) is 5. The molecule has 4 unspecified atom stereocenters. The van der Waals surface area contributed by atoms with Crippen molar-refractivity contribution in [1.29, 1.82) is 0 Å². The number of carboxylic acids is 1. The van der Waals surface area contributed by atoms with Crippen LogP contribution in [0.5, 0.6) is 0 Å². The van der Waals surface area contributed by atoms with E-state index in [9.17, 15) is 28.8 Å². The first-order valence-electron chi connectivity index (χ1n) is 9.90. The Hall–Kier alpha value is -3.60. The van der Waals surface area contributed by atoms with Crippen LogP contribution in [0.3, 0.4) is 0 Å². The van der Waals surface area contributed by atoms with Crippen molar-refractivity contribution in [2.75, 3.05) is 12.3 Å². The van der Waals surface area contributed by atoms with E-state index in [0.717, 1.165) is 0 Å². The van der Waals surface area contributed by atoms with Crippen LogP contribution >= 0.6 is 12.6 Å². The summed E-state index contributed by atoms with van der Waals surface area (Å²) < 4.78 is 0. The van der Waals surface area contributed by atoms with Gasteiger partial charge in [0.05, 0.1) is 18.9 Å². The number of aliphatic imine (C=N–C) groups is 1. The number of nitrogens with one attached hydrogen (secondary N) is 3. The molecule has 0 aliphatic heterocycles. The predicted molar refractivity (Wildman–Crippen MR) is 123 cm³/mol. The van der Waals surface area contributed by atoms with E-state index < -0.39 is 72.5 Å². The lowest BCUT2D eigenvalue weighted by Crippen LogP contribution is -2.58. The molecule has 34 heavy (non-hydrogen) atoms. The molecular weight excluding hydrogens is 474 g/mol. The highest BCUT2D eigenvalue weighted by molar-refractivity contribution is 7.80. The Morgan fingerprint density at radius 2 is 1.26 bits per heavy atom. The highest BCUT2D eigenvalue weighted by Crippen LogP contribution is 2.03. The van der Waals surface area contributed by atoms with Crippen molar-refractivity contribution in [3.8, 4) is 0 Å². The van der Waals surface area contributed by atoms with Gasteiger partial charge in [-0.2, -0.15) is 12.6 Å². The van der Waals surface area contributed by atoms with Crippen LogP contribution in [0.1, 0.15) is 25.7 Å². The maximum absolute atomic E-state index is 12.8. The van der Waals surface area contributed by atoms with Crippen LogP contribution < -0.4 is 44.6 Å². The van der Waals surface area contributed by atoms with E-state index in [1.54, 1.807) is 0 Å². The molecule has 0 spiro atoms. The number of nitrogens with zero attached hydrogens (tertiary/aromatic N) is 1. The Labute approximate surface area is 200 Å². The van der Waals surface area contributed by atoms with E-state index in [4.69, 9.17) is 33.8 Å². The molecule has 0 saturated heterocycles. The molecule has 0 aliphatic rings. The lowest BCUT2D eigenvalue weighted by molar-refractivity contribution is -0.144. The average molecular weight is 506 g/mol. The fraction of sp³-hybridized carbons (Fsp3) is 0.588. The lowest BCUT2D eigenvalue weighted by Gasteiger charge is -2.24. The van der Waals surface area contributed by atoms with Gasteiger partial charge < -0.3 is 49.7 Å². The number of amides is 5. The number of aliphatic carboxylic acids is 1. The zero-order valence-corrected chi connectivity index (χ0v) is 19.1. The molecule has 14 N–H and O–H groups in total. The molecule has 0 aromatic heterocycles. The number of thiol groups is 1. The Balaban J connectivity index is 5.57. The predicted octanol–water partition coefficient (Wildman–Crippen LogP) is -5.41. The Bertz CT molecular complexity index is 804. The minimum absolute atomic E-state index is 0.0119. The topological polar surface area (TPSA) is 301 Å². The summed E-state index contributed by atoms with van der Waals surface area (Å²) in [6.07, 6.45) is -1.19. The van der Waals surface area contributed by atoms with Crippen LogP contribution in [-0.2, 0) is 28.8 Å². The minimum atomic E-state index is -1.71. The fourth-order valence-electron chi connectivity index (χ4n) is 2.49. The third-order valence-electron chi connectivity index (χ3n) is 4.17. The second-order valence-electron chi connectivity index (χ2n) is 7.10. The minimum Gasteiger partial charge on any atom is -0.480 e. The molecule has 4 atom stereocenters. The maximum atomic E-state index is 12.8. The van der Waals surface area contributed by atoms with Gasteiger partial charge in [0.15, 0.2) is 5.96 Å². The summed E-state index contributed by atoms with van der Waals surface area (Å²) in [4.78, 5) is 75.0. The van der Waals surface area contributed by atoms with Gasteiger partial charge in [-0.25, -0.2) is 4.79 Å². The van der Waals surface area contributed by atoms with Gasteiger partial charge in [0.1, 0.15) is 18.1 Å². The molecular formula is C17H31N9O7S. The van der Waals surface area contributed by atoms with E-state index in [1.807, 2.05) is 5.32 Å². The quantitative estimate of drug-likeness (QED) is 0.0410. The van der Waals surface area contributed by atoms with E-state index >= 15 is 0 Å². The van der Waals surface area contributed by atoms with Crippen LogP contribution in [0.2, 0.25) is 0 Å². The Kier molecular flexibility index (Phi) is 13.7. The molecule has 17 heteroatoms. The van der Waals surface area contributed by atoms with Crippen LogP contribution in [-0.4, -0.2) is 83.0 Å². The van der Waals surface area contributed by atoms with Gasteiger partial charge in [-0.15, -0.1) is 0 Å². The van der Waals surface area contributed by atoms with Gasteiger partial charge in [0.25, 0.3) is 0 Å². The zero-order valence-electron chi connectivity index (χ0n) is 18.2. The van der Waals surface area contributed by atoms with E-state index in [1.165, 1.54) is 0 Å². The largest absolute Gasteiger partial charge is 0.480 e. The number of hydrogen-bond donors (Lipinski definition) is 10. The molecule has 0 heterocycles. The molecule has 0 aromatic rings. The Morgan fingerprint density at radius 3 is 1.74 bits per heavy atom. The second-order valence-corrected chi connectivity index (χ2v) is 7.47. The molecule has 0 fully saturated rings. The smallest absolute Gasteiger partial charge is 0.326 e. The highest BCUT2D eigenvalue weighted by atomic mass is 32.1. The van der Waals surface area contributed by atoms with Gasteiger partial charge in [-0.1, -0.05) is 0 Å². The number of primary amides is 2. The number of carboxylic acid groups (broad SMARTS) is 1. The summed E-state index contributed by atoms with van der Waals surface area (Å²) in [6, 6.07) is -5.58.